The summed E-state index contributed by atoms with van der Waals surface area (Å²) in [6, 6.07) is 0.954. The third kappa shape index (κ3) is 2.04. The van der Waals surface area contributed by atoms with E-state index in [9.17, 15) is 4.79 Å². The molecule has 0 bridgehead atoms. The van der Waals surface area contributed by atoms with E-state index < -0.39 is 0 Å². The average molecular weight is 337 g/mol. The minimum atomic E-state index is 0.415. The van der Waals surface area contributed by atoms with Crippen molar-refractivity contribution in [3.63, 3.8) is 0 Å². The molecule has 1 spiro atoms. The van der Waals surface area contributed by atoms with Gasteiger partial charge in [-0.3, -0.25) is 9.69 Å². The molecule has 5 rings (SSSR count). The van der Waals surface area contributed by atoms with Crippen LogP contribution in [-0.4, -0.2) is 62.9 Å². The largest absolute Gasteiger partial charge is 0.371 e. The molecule has 3 fully saturated rings. The highest BCUT2D eigenvalue weighted by atomic mass is 32.2. The summed E-state index contributed by atoms with van der Waals surface area (Å²) in [7, 11) is 0. The second-order valence-corrected chi connectivity index (χ2v) is 10.6. The fourth-order valence-corrected chi connectivity index (χ4v) is 8.52. The molecule has 0 aromatic heterocycles. The lowest BCUT2D eigenvalue weighted by molar-refractivity contribution is -0.118. The Morgan fingerprint density at radius 2 is 2.00 bits per heavy atom. The van der Waals surface area contributed by atoms with Crippen LogP contribution in [-0.2, 0) is 4.79 Å². The molecule has 2 atom stereocenters. The first-order chi connectivity index (χ1) is 10.8. The minimum absolute atomic E-state index is 0.415. The maximum Gasteiger partial charge on any atom is 0.164 e. The van der Waals surface area contributed by atoms with E-state index in [-0.39, 0.29) is 0 Å². The summed E-state index contributed by atoms with van der Waals surface area (Å²) in [6.45, 7) is 3.56. The highest BCUT2D eigenvalue weighted by Gasteiger charge is 2.49. The van der Waals surface area contributed by atoms with E-state index in [1.807, 2.05) is 0 Å². The topological polar surface area (TPSA) is 23.6 Å². The van der Waals surface area contributed by atoms with Gasteiger partial charge in [0.1, 0.15) is 0 Å². The van der Waals surface area contributed by atoms with Gasteiger partial charge in [-0.15, -0.1) is 23.5 Å². The summed E-state index contributed by atoms with van der Waals surface area (Å²) in [5.41, 5.74) is 2.68. The van der Waals surface area contributed by atoms with Gasteiger partial charge in [0.15, 0.2) is 5.78 Å². The van der Waals surface area contributed by atoms with Crippen LogP contribution in [0.15, 0.2) is 11.3 Å². The van der Waals surface area contributed by atoms with Gasteiger partial charge < -0.3 is 4.90 Å². The number of Topliss-reactive ketones (excluding diaryl/α,β-unsaturated/α-hetero) is 1. The average Bonchev–Trinajstić information content (AvgIpc) is 3.16. The van der Waals surface area contributed by atoms with E-state index in [1.54, 1.807) is 0 Å². The van der Waals surface area contributed by atoms with Crippen LogP contribution in [0.4, 0.5) is 0 Å². The summed E-state index contributed by atoms with van der Waals surface area (Å²) in [5, 5.41) is 0. The molecule has 0 amide bonds. The summed E-state index contributed by atoms with van der Waals surface area (Å²) in [5.74, 6) is 3.08. The Bertz CT molecular complexity index is 541. The maximum absolute atomic E-state index is 12.9. The number of carbonyl (C=O) groups excluding carboxylic acids is 1. The number of ketones is 1. The molecule has 5 heterocycles. The molecule has 0 saturated carbocycles. The van der Waals surface area contributed by atoms with Crippen LogP contribution in [0, 0.1) is 0 Å². The van der Waals surface area contributed by atoms with Crippen LogP contribution in [0.3, 0.4) is 0 Å². The van der Waals surface area contributed by atoms with Crippen molar-refractivity contribution in [3.05, 3.63) is 11.3 Å². The number of nitrogens with zero attached hydrogens (tertiary/aromatic N) is 2. The van der Waals surface area contributed by atoms with Crippen molar-refractivity contribution in [2.24, 2.45) is 0 Å². The van der Waals surface area contributed by atoms with Gasteiger partial charge in [-0.1, -0.05) is 0 Å². The molecule has 3 saturated heterocycles. The number of hydrogen-bond acceptors (Lipinski definition) is 5. The Balaban J connectivity index is 1.52. The van der Waals surface area contributed by atoms with Crippen molar-refractivity contribution in [3.8, 4) is 0 Å². The lowest BCUT2D eigenvalue weighted by atomic mass is 9.82. The highest BCUT2D eigenvalue weighted by Crippen LogP contribution is 2.54. The summed E-state index contributed by atoms with van der Waals surface area (Å²) >= 11 is 4.34. The van der Waals surface area contributed by atoms with Gasteiger partial charge in [-0.25, -0.2) is 0 Å². The van der Waals surface area contributed by atoms with Crippen LogP contribution < -0.4 is 0 Å². The van der Waals surface area contributed by atoms with Crippen LogP contribution in [0.2, 0.25) is 0 Å². The van der Waals surface area contributed by atoms with Crippen LogP contribution in [0.1, 0.15) is 38.5 Å². The summed E-state index contributed by atoms with van der Waals surface area (Å²) in [4.78, 5) is 18.1. The molecule has 120 valence electrons. The maximum atomic E-state index is 12.9. The van der Waals surface area contributed by atoms with Crippen molar-refractivity contribution in [2.45, 2.75) is 54.7 Å². The highest BCUT2D eigenvalue weighted by molar-refractivity contribution is 8.21. The van der Waals surface area contributed by atoms with Crippen LogP contribution in [0.25, 0.3) is 0 Å². The first kappa shape index (κ1) is 14.2. The van der Waals surface area contributed by atoms with Crippen molar-refractivity contribution in [1.29, 1.82) is 0 Å². The number of hydrogen-bond donors (Lipinski definition) is 0. The molecule has 3 nitrogen and oxygen atoms in total. The van der Waals surface area contributed by atoms with E-state index in [0.29, 0.717) is 21.9 Å². The molecule has 2 unspecified atom stereocenters. The number of rotatable bonds is 0. The van der Waals surface area contributed by atoms with Crippen molar-refractivity contribution < 1.29 is 4.79 Å². The zero-order valence-corrected chi connectivity index (χ0v) is 14.7. The van der Waals surface area contributed by atoms with Gasteiger partial charge in [0.25, 0.3) is 0 Å². The third-order valence-corrected chi connectivity index (χ3v) is 9.84. The minimum Gasteiger partial charge on any atom is -0.371 e. The van der Waals surface area contributed by atoms with Gasteiger partial charge in [0, 0.05) is 67.3 Å². The summed E-state index contributed by atoms with van der Waals surface area (Å²) < 4.78 is 0.415. The normalized spacial score (nSPS) is 37.5. The SMILES string of the molecule is O=C1CC2CCCN2C2=C1C1CC3(CCN1CC2)SCCS3. The Kier molecular flexibility index (Phi) is 3.35. The zero-order valence-electron chi connectivity index (χ0n) is 13.1. The Morgan fingerprint density at radius 3 is 2.86 bits per heavy atom. The van der Waals surface area contributed by atoms with Gasteiger partial charge >= 0.3 is 0 Å². The standard InChI is InChI=1S/C17H24N2OS2/c20-15-10-12-2-1-5-19(12)13-3-6-18-7-4-17(21-8-9-22-17)11-14(18)16(13)15/h12,14H,1-11H2. The van der Waals surface area contributed by atoms with Crippen LogP contribution in [0.5, 0.6) is 0 Å². The second-order valence-electron chi connectivity index (χ2n) is 7.34. The van der Waals surface area contributed by atoms with E-state index >= 15 is 0 Å². The lowest BCUT2D eigenvalue weighted by Gasteiger charge is -2.50. The smallest absolute Gasteiger partial charge is 0.164 e. The monoisotopic (exact) mass is 336 g/mol. The van der Waals surface area contributed by atoms with E-state index in [2.05, 4.69) is 33.3 Å². The van der Waals surface area contributed by atoms with Gasteiger partial charge in [-0.05, 0) is 25.7 Å². The van der Waals surface area contributed by atoms with E-state index in [0.717, 1.165) is 12.8 Å². The summed E-state index contributed by atoms with van der Waals surface area (Å²) in [6.07, 6.45) is 6.91. The fourth-order valence-electron chi connectivity index (χ4n) is 5.26. The third-order valence-electron chi connectivity index (χ3n) is 6.26. The second kappa shape index (κ2) is 5.18. The number of piperidine rings is 1. The molecule has 5 aliphatic heterocycles. The molecule has 5 heteroatoms. The first-order valence-electron chi connectivity index (χ1n) is 8.81. The predicted molar refractivity (Wildman–Crippen MR) is 93.2 cm³/mol. The van der Waals surface area contributed by atoms with Gasteiger partial charge in [0.05, 0.1) is 4.08 Å². The number of fused-ring (bicyclic) bond motifs is 4. The van der Waals surface area contributed by atoms with Crippen molar-refractivity contribution >= 4 is 29.3 Å². The molecule has 5 aliphatic rings. The van der Waals surface area contributed by atoms with Gasteiger partial charge in [-0.2, -0.15) is 0 Å². The van der Waals surface area contributed by atoms with E-state index in [1.165, 1.54) is 68.1 Å². The number of thioether (sulfide) groups is 2. The predicted octanol–water partition coefficient (Wildman–Crippen LogP) is 2.72. The molecule has 0 aromatic rings. The van der Waals surface area contributed by atoms with Crippen LogP contribution >= 0.6 is 23.5 Å². The van der Waals surface area contributed by atoms with E-state index in [4.69, 9.17) is 0 Å². The zero-order chi connectivity index (χ0) is 14.7. The Labute approximate surface area is 141 Å². The molecule has 0 aliphatic carbocycles. The van der Waals surface area contributed by atoms with Crippen molar-refractivity contribution in [2.75, 3.05) is 31.1 Å². The number of carbonyl (C=O) groups is 1. The lowest BCUT2D eigenvalue weighted by Crippen LogP contribution is -2.55. The molecular formula is C17H24N2OS2. The molecule has 0 aromatic carbocycles. The molecule has 0 radical (unpaired) electrons. The molecular weight excluding hydrogens is 312 g/mol. The quantitative estimate of drug-likeness (QED) is 0.677. The Hall–Kier alpha value is -0.130. The molecule has 0 N–H and O–H groups in total. The molecule has 22 heavy (non-hydrogen) atoms. The Morgan fingerprint density at radius 1 is 1.14 bits per heavy atom. The van der Waals surface area contributed by atoms with Gasteiger partial charge in [0.2, 0.25) is 0 Å². The first-order valence-corrected chi connectivity index (χ1v) is 10.8. The fraction of sp³-hybridized carbons (Fsp3) is 0.824. The van der Waals surface area contributed by atoms with Crippen molar-refractivity contribution in [1.82, 2.24) is 9.80 Å².